The molecule has 0 saturated heterocycles. The van der Waals surface area contributed by atoms with Crippen molar-refractivity contribution in [3.8, 4) is 17.2 Å². The van der Waals surface area contributed by atoms with Gasteiger partial charge in [0, 0.05) is 23.7 Å². The maximum atomic E-state index is 12.7. The standard InChI is InChI=1S/C27H25N3O4S/c1-16-9-22-23(10-17(16)2)30-27(13-21(29-22)18-5-4-6-20(11-18)32-3)35-14-26(31)28-19-7-8-24-25(12-19)34-15-33-24/h4-12H,13-15H2,1-3H3,(H,28,31). The first-order valence-electron chi connectivity index (χ1n) is 11.2. The van der Waals surface area contributed by atoms with Crippen LogP contribution in [-0.2, 0) is 4.79 Å². The Morgan fingerprint density at radius 1 is 1.00 bits per heavy atom. The van der Waals surface area contributed by atoms with E-state index in [9.17, 15) is 4.79 Å². The lowest BCUT2D eigenvalue weighted by Crippen LogP contribution is -2.16. The van der Waals surface area contributed by atoms with E-state index in [1.807, 2.05) is 24.3 Å². The topological polar surface area (TPSA) is 81.5 Å². The van der Waals surface area contributed by atoms with Gasteiger partial charge >= 0.3 is 0 Å². The first kappa shape index (κ1) is 23.0. The molecule has 0 saturated carbocycles. The zero-order chi connectivity index (χ0) is 24.4. The van der Waals surface area contributed by atoms with E-state index in [4.69, 9.17) is 24.2 Å². The highest BCUT2D eigenvalue weighted by Crippen LogP contribution is 2.37. The second-order valence-electron chi connectivity index (χ2n) is 8.30. The molecule has 7 nitrogen and oxygen atoms in total. The van der Waals surface area contributed by atoms with Gasteiger partial charge in [-0.1, -0.05) is 12.1 Å². The van der Waals surface area contributed by atoms with Crippen LogP contribution >= 0.6 is 11.8 Å². The highest BCUT2D eigenvalue weighted by atomic mass is 32.2. The van der Waals surface area contributed by atoms with E-state index < -0.39 is 0 Å². The zero-order valence-electron chi connectivity index (χ0n) is 19.8. The molecule has 1 N–H and O–H groups in total. The van der Waals surface area contributed by atoms with Crippen LogP contribution in [0.1, 0.15) is 23.1 Å². The third-order valence-electron chi connectivity index (χ3n) is 5.84. The fourth-order valence-electron chi connectivity index (χ4n) is 3.84. The van der Waals surface area contributed by atoms with Crippen molar-refractivity contribution in [1.82, 2.24) is 0 Å². The first-order valence-corrected chi connectivity index (χ1v) is 12.2. The maximum Gasteiger partial charge on any atom is 0.234 e. The Labute approximate surface area is 208 Å². The number of methoxy groups -OCH3 is 1. The maximum absolute atomic E-state index is 12.7. The van der Waals surface area contributed by atoms with Crippen LogP contribution in [0.15, 0.2) is 64.6 Å². The smallest absolute Gasteiger partial charge is 0.234 e. The van der Waals surface area contributed by atoms with E-state index in [1.165, 1.54) is 11.8 Å². The molecule has 0 aromatic heterocycles. The lowest BCUT2D eigenvalue weighted by molar-refractivity contribution is -0.113. The van der Waals surface area contributed by atoms with Crippen LogP contribution in [-0.4, -0.2) is 36.3 Å². The van der Waals surface area contributed by atoms with Crippen molar-refractivity contribution in [1.29, 1.82) is 0 Å². The third-order valence-corrected chi connectivity index (χ3v) is 6.81. The van der Waals surface area contributed by atoms with Crippen LogP contribution in [0.3, 0.4) is 0 Å². The molecule has 2 heterocycles. The van der Waals surface area contributed by atoms with Crippen LogP contribution in [0.2, 0.25) is 0 Å². The Hall–Kier alpha value is -3.78. The number of aliphatic imine (C=N–C) groups is 2. The molecule has 1 amide bonds. The average Bonchev–Trinajstić information content (AvgIpc) is 3.25. The van der Waals surface area contributed by atoms with E-state index in [0.29, 0.717) is 23.6 Å². The minimum atomic E-state index is -0.124. The molecule has 5 rings (SSSR count). The number of hydrogen-bond donors (Lipinski definition) is 1. The first-order chi connectivity index (χ1) is 17.0. The number of carbonyl (C=O) groups is 1. The predicted molar refractivity (Wildman–Crippen MR) is 140 cm³/mol. The summed E-state index contributed by atoms with van der Waals surface area (Å²) in [6.45, 7) is 4.33. The normalized spacial score (nSPS) is 13.9. The van der Waals surface area contributed by atoms with Gasteiger partial charge in [-0.15, -0.1) is 11.8 Å². The van der Waals surface area contributed by atoms with Crippen molar-refractivity contribution in [2.24, 2.45) is 9.98 Å². The van der Waals surface area contributed by atoms with Gasteiger partial charge in [-0.3, -0.25) is 9.79 Å². The molecular formula is C27H25N3O4S. The second kappa shape index (κ2) is 9.84. The molecule has 2 aliphatic heterocycles. The van der Waals surface area contributed by atoms with E-state index >= 15 is 0 Å². The molecular weight excluding hydrogens is 462 g/mol. The monoisotopic (exact) mass is 487 g/mol. The summed E-state index contributed by atoms with van der Waals surface area (Å²) in [7, 11) is 1.65. The molecule has 0 radical (unpaired) electrons. The Morgan fingerprint density at radius 2 is 1.77 bits per heavy atom. The van der Waals surface area contributed by atoms with Gasteiger partial charge in [0.2, 0.25) is 12.7 Å². The zero-order valence-corrected chi connectivity index (χ0v) is 20.6. The van der Waals surface area contributed by atoms with E-state index in [0.717, 1.165) is 44.6 Å². The van der Waals surface area contributed by atoms with Gasteiger partial charge in [-0.05, 0) is 61.4 Å². The molecule has 0 atom stereocenters. The van der Waals surface area contributed by atoms with Crippen molar-refractivity contribution >= 4 is 45.5 Å². The number of carbonyl (C=O) groups excluding carboxylic acids is 1. The van der Waals surface area contributed by atoms with Crippen molar-refractivity contribution < 1.29 is 19.0 Å². The number of nitrogens with one attached hydrogen (secondary N) is 1. The van der Waals surface area contributed by atoms with Crippen LogP contribution in [0.25, 0.3) is 0 Å². The number of hydrogen-bond acceptors (Lipinski definition) is 7. The summed E-state index contributed by atoms with van der Waals surface area (Å²) < 4.78 is 16.1. The Balaban J connectivity index is 1.37. The molecule has 35 heavy (non-hydrogen) atoms. The van der Waals surface area contributed by atoms with Crippen molar-refractivity contribution in [2.75, 3.05) is 25.0 Å². The molecule has 0 fully saturated rings. The minimum Gasteiger partial charge on any atom is -0.497 e. The van der Waals surface area contributed by atoms with Crippen molar-refractivity contribution in [3.05, 3.63) is 71.3 Å². The Morgan fingerprint density at radius 3 is 2.57 bits per heavy atom. The van der Waals surface area contributed by atoms with Gasteiger partial charge in [0.25, 0.3) is 0 Å². The summed E-state index contributed by atoms with van der Waals surface area (Å²) in [6, 6.07) is 17.3. The van der Waals surface area contributed by atoms with Crippen LogP contribution in [0, 0.1) is 13.8 Å². The fraction of sp³-hybridized carbons (Fsp3) is 0.222. The third kappa shape index (κ3) is 5.17. The Bertz CT molecular complexity index is 1370. The van der Waals surface area contributed by atoms with Gasteiger partial charge < -0.3 is 19.5 Å². The molecule has 3 aromatic rings. The minimum absolute atomic E-state index is 0.124. The highest BCUT2D eigenvalue weighted by molar-refractivity contribution is 8.14. The fourth-order valence-corrected chi connectivity index (χ4v) is 4.61. The molecule has 3 aromatic carbocycles. The van der Waals surface area contributed by atoms with Gasteiger partial charge in [0.15, 0.2) is 11.5 Å². The Kier molecular flexibility index (Phi) is 6.46. The van der Waals surface area contributed by atoms with Crippen molar-refractivity contribution in [2.45, 2.75) is 20.3 Å². The van der Waals surface area contributed by atoms with Gasteiger partial charge in [-0.2, -0.15) is 0 Å². The molecule has 178 valence electrons. The summed E-state index contributed by atoms with van der Waals surface area (Å²) >= 11 is 1.42. The number of rotatable bonds is 5. The number of amides is 1. The predicted octanol–water partition coefficient (Wildman–Crippen LogP) is 5.97. The number of thioether (sulfide) groups is 1. The number of nitrogens with zero attached hydrogens (tertiary/aromatic N) is 2. The number of ether oxygens (including phenoxy) is 3. The second-order valence-corrected chi connectivity index (χ2v) is 9.35. The number of aryl methyl sites for hydroxylation is 2. The van der Waals surface area contributed by atoms with Crippen LogP contribution < -0.4 is 19.5 Å². The SMILES string of the molecule is COc1cccc(C2=Nc3cc(C)c(C)cc3N=C(SCC(=O)Nc3ccc4c(c3)OCO4)C2)c1. The van der Waals surface area contributed by atoms with E-state index in [2.05, 4.69) is 31.3 Å². The summed E-state index contributed by atoms with van der Waals surface area (Å²) in [4.78, 5) is 22.6. The van der Waals surface area contributed by atoms with Crippen LogP contribution in [0.5, 0.6) is 17.2 Å². The quantitative estimate of drug-likeness (QED) is 0.480. The largest absolute Gasteiger partial charge is 0.497 e. The number of fused-ring (bicyclic) bond motifs is 2. The summed E-state index contributed by atoms with van der Waals surface area (Å²) in [5.74, 6) is 2.17. The molecule has 0 unspecified atom stereocenters. The molecule has 0 spiro atoms. The summed E-state index contributed by atoms with van der Waals surface area (Å²) in [6.07, 6.45) is 0.516. The molecule has 8 heteroatoms. The average molecular weight is 488 g/mol. The van der Waals surface area contributed by atoms with Gasteiger partial charge in [0.05, 0.1) is 35.0 Å². The molecule has 2 aliphatic rings. The van der Waals surface area contributed by atoms with Crippen molar-refractivity contribution in [3.63, 3.8) is 0 Å². The van der Waals surface area contributed by atoms with E-state index in [1.54, 1.807) is 25.3 Å². The summed E-state index contributed by atoms with van der Waals surface area (Å²) in [5, 5.41) is 3.75. The lowest BCUT2D eigenvalue weighted by Gasteiger charge is -2.09. The van der Waals surface area contributed by atoms with Crippen LogP contribution in [0.4, 0.5) is 17.1 Å². The van der Waals surface area contributed by atoms with Gasteiger partial charge in [-0.25, -0.2) is 4.99 Å². The summed E-state index contributed by atoms with van der Waals surface area (Å²) in [5.41, 5.74) is 6.46. The van der Waals surface area contributed by atoms with E-state index in [-0.39, 0.29) is 18.5 Å². The molecule has 0 bridgehead atoms. The number of anilines is 1. The lowest BCUT2D eigenvalue weighted by atomic mass is 10.1. The highest BCUT2D eigenvalue weighted by Gasteiger charge is 2.19. The molecule has 0 aliphatic carbocycles. The number of benzene rings is 3. The van der Waals surface area contributed by atoms with Gasteiger partial charge in [0.1, 0.15) is 5.75 Å².